The maximum absolute atomic E-state index is 12.0. The highest BCUT2D eigenvalue weighted by atomic mass is 32.2. The Hall–Kier alpha value is -2.06. The number of benzene rings is 1. The Balaban J connectivity index is 2.61. The maximum atomic E-state index is 12.0. The lowest BCUT2D eigenvalue weighted by Gasteiger charge is -2.10. The fourth-order valence-corrected chi connectivity index (χ4v) is 2.52. The molecule has 7 nitrogen and oxygen atoms in total. The molecule has 0 aliphatic heterocycles. The smallest absolute Gasteiger partial charge is 0.251 e. The number of nitrogens with one attached hydrogen (secondary N) is 2. The van der Waals surface area contributed by atoms with Crippen molar-refractivity contribution in [1.29, 1.82) is 0 Å². The zero-order valence-corrected chi connectivity index (χ0v) is 13.4. The lowest BCUT2D eigenvalue weighted by atomic mass is 10.2. The van der Waals surface area contributed by atoms with Gasteiger partial charge in [-0.1, -0.05) is 6.08 Å². The van der Waals surface area contributed by atoms with Crippen LogP contribution in [0.5, 0.6) is 11.5 Å². The molecule has 0 bridgehead atoms. The van der Waals surface area contributed by atoms with Gasteiger partial charge in [-0.2, -0.15) is 0 Å². The Bertz CT molecular complexity index is 628. The molecule has 0 fully saturated rings. The molecule has 0 aliphatic carbocycles. The summed E-state index contributed by atoms with van der Waals surface area (Å²) in [6, 6.07) is 4.70. The largest absolute Gasteiger partial charge is 0.493 e. The summed E-state index contributed by atoms with van der Waals surface area (Å²) in [7, 11) is -0.457. The van der Waals surface area contributed by atoms with E-state index in [1.54, 1.807) is 12.1 Å². The molecule has 1 rings (SSSR count). The number of sulfonamides is 1. The lowest BCUT2D eigenvalue weighted by molar-refractivity contribution is 0.0955. The van der Waals surface area contributed by atoms with E-state index in [1.165, 1.54) is 26.4 Å². The molecule has 1 aromatic carbocycles. The van der Waals surface area contributed by atoms with Gasteiger partial charge in [0.1, 0.15) is 0 Å². The van der Waals surface area contributed by atoms with E-state index >= 15 is 0 Å². The van der Waals surface area contributed by atoms with Crippen LogP contribution in [0, 0.1) is 0 Å². The first-order chi connectivity index (χ1) is 10.4. The quantitative estimate of drug-likeness (QED) is 0.645. The summed E-state index contributed by atoms with van der Waals surface area (Å²) < 4.78 is 35.6. The van der Waals surface area contributed by atoms with Crippen LogP contribution in [0.4, 0.5) is 0 Å². The van der Waals surface area contributed by atoms with Crippen molar-refractivity contribution in [3.8, 4) is 11.5 Å². The van der Waals surface area contributed by atoms with Crippen LogP contribution < -0.4 is 19.5 Å². The first-order valence-corrected chi connectivity index (χ1v) is 8.17. The van der Waals surface area contributed by atoms with Gasteiger partial charge < -0.3 is 14.8 Å². The summed E-state index contributed by atoms with van der Waals surface area (Å²) in [4.78, 5) is 12.0. The van der Waals surface area contributed by atoms with E-state index in [1.807, 2.05) is 0 Å². The van der Waals surface area contributed by atoms with Crippen molar-refractivity contribution < 1.29 is 22.7 Å². The van der Waals surface area contributed by atoms with Crippen LogP contribution in [-0.4, -0.2) is 47.4 Å². The fourth-order valence-electron chi connectivity index (χ4n) is 1.64. The Morgan fingerprint density at radius 2 is 1.95 bits per heavy atom. The van der Waals surface area contributed by atoms with Gasteiger partial charge in [0.15, 0.2) is 11.5 Å². The number of ether oxygens (including phenoxy) is 2. The third-order valence-electron chi connectivity index (χ3n) is 2.75. The van der Waals surface area contributed by atoms with Crippen molar-refractivity contribution in [2.45, 2.75) is 0 Å². The molecule has 0 spiro atoms. The third-order valence-corrected chi connectivity index (χ3v) is 4.10. The molecule has 0 saturated carbocycles. The van der Waals surface area contributed by atoms with Crippen LogP contribution in [0.25, 0.3) is 0 Å². The number of amides is 1. The second-order valence-corrected chi connectivity index (χ2v) is 6.21. The number of hydrogen-bond acceptors (Lipinski definition) is 5. The van der Waals surface area contributed by atoms with Gasteiger partial charge in [0, 0.05) is 18.7 Å². The predicted octanol–water partition coefficient (Wildman–Crippen LogP) is 0.539. The zero-order valence-electron chi connectivity index (χ0n) is 12.6. The summed E-state index contributed by atoms with van der Waals surface area (Å²) in [5, 5.41) is 2.54. The van der Waals surface area contributed by atoms with Crippen molar-refractivity contribution in [2.24, 2.45) is 0 Å². The highest BCUT2D eigenvalue weighted by Crippen LogP contribution is 2.27. The van der Waals surface area contributed by atoms with Crippen LogP contribution in [0.15, 0.2) is 30.9 Å². The molecule has 8 heteroatoms. The molecule has 0 unspecified atom stereocenters. The van der Waals surface area contributed by atoms with Gasteiger partial charge in [-0.05, 0) is 18.2 Å². The summed E-state index contributed by atoms with van der Waals surface area (Å²) in [5.74, 6) is 0.338. The number of methoxy groups -OCH3 is 2. The minimum absolute atomic E-state index is 0.000343. The van der Waals surface area contributed by atoms with E-state index in [9.17, 15) is 13.2 Å². The maximum Gasteiger partial charge on any atom is 0.251 e. The topological polar surface area (TPSA) is 93.7 Å². The van der Waals surface area contributed by atoms with E-state index in [0.717, 1.165) is 0 Å². The van der Waals surface area contributed by atoms with Gasteiger partial charge >= 0.3 is 0 Å². The molecule has 2 N–H and O–H groups in total. The second kappa shape index (κ2) is 8.40. The zero-order chi connectivity index (χ0) is 16.6. The fraction of sp³-hybridized carbons (Fsp3) is 0.357. The predicted molar refractivity (Wildman–Crippen MR) is 83.9 cm³/mol. The van der Waals surface area contributed by atoms with Crippen molar-refractivity contribution in [2.75, 3.05) is 33.1 Å². The SMILES string of the molecule is C=CCNS(=O)(=O)CCNC(=O)c1ccc(OC)c(OC)c1. The van der Waals surface area contributed by atoms with Crippen LogP contribution in [0.1, 0.15) is 10.4 Å². The molecule has 0 aromatic heterocycles. The van der Waals surface area contributed by atoms with E-state index in [2.05, 4.69) is 16.6 Å². The first kappa shape index (κ1) is 18.0. The number of carbonyl (C=O) groups excluding carboxylic acids is 1. The molecule has 122 valence electrons. The van der Waals surface area contributed by atoms with Crippen molar-refractivity contribution in [3.05, 3.63) is 36.4 Å². The minimum Gasteiger partial charge on any atom is -0.493 e. The molecule has 0 atom stereocenters. The summed E-state index contributed by atoms with van der Waals surface area (Å²) in [6.07, 6.45) is 1.44. The Morgan fingerprint density at radius 3 is 2.55 bits per heavy atom. The van der Waals surface area contributed by atoms with Gasteiger partial charge in [0.2, 0.25) is 10.0 Å². The van der Waals surface area contributed by atoms with Crippen molar-refractivity contribution in [3.63, 3.8) is 0 Å². The van der Waals surface area contributed by atoms with Gasteiger partial charge in [0.25, 0.3) is 5.91 Å². The van der Waals surface area contributed by atoms with E-state index in [0.29, 0.717) is 17.1 Å². The number of rotatable bonds is 9. The Morgan fingerprint density at radius 1 is 1.27 bits per heavy atom. The average molecular weight is 328 g/mol. The molecular weight excluding hydrogens is 308 g/mol. The van der Waals surface area contributed by atoms with Crippen molar-refractivity contribution in [1.82, 2.24) is 10.0 Å². The van der Waals surface area contributed by atoms with E-state index < -0.39 is 10.0 Å². The molecule has 1 aromatic rings. The number of carbonyl (C=O) groups is 1. The lowest BCUT2D eigenvalue weighted by Crippen LogP contribution is -2.34. The minimum atomic E-state index is -3.43. The first-order valence-electron chi connectivity index (χ1n) is 6.52. The summed E-state index contributed by atoms with van der Waals surface area (Å²) in [6.45, 7) is 3.58. The van der Waals surface area contributed by atoms with Gasteiger partial charge in [-0.15, -0.1) is 6.58 Å². The normalized spacial score (nSPS) is 10.8. The molecule has 0 saturated heterocycles. The highest BCUT2D eigenvalue weighted by molar-refractivity contribution is 7.89. The Kier molecular flexibility index (Phi) is 6.87. The molecule has 22 heavy (non-hydrogen) atoms. The standard InChI is InChI=1S/C14H20N2O5S/c1-4-7-16-22(18,19)9-8-15-14(17)11-5-6-12(20-2)13(10-11)21-3/h4-6,10,16H,1,7-9H2,2-3H3,(H,15,17). The van der Waals surface area contributed by atoms with Gasteiger partial charge in [-0.3, -0.25) is 4.79 Å². The monoisotopic (exact) mass is 328 g/mol. The second-order valence-electron chi connectivity index (χ2n) is 4.28. The molecule has 1 amide bonds. The Labute approximate surface area is 130 Å². The molecule has 0 radical (unpaired) electrons. The van der Waals surface area contributed by atoms with Gasteiger partial charge in [0.05, 0.1) is 20.0 Å². The van der Waals surface area contributed by atoms with Gasteiger partial charge in [-0.25, -0.2) is 13.1 Å². The van der Waals surface area contributed by atoms with Crippen LogP contribution >= 0.6 is 0 Å². The van der Waals surface area contributed by atoms with E-state index in [-0.39, 0.29) is 24.7 Å². The number of hydrogen-bond donors (Lipinski definition) is 2. The van der Waals surface area contributed by atoms with Crippen molar-refractivity contribution >= 4 is 15.9 Å². The average Bonchev–Trinajstić information content (AvgIpc) is 2.51. The molecule has 0 aliphatic rings. The van der Waals surface area contributed by atoms with Crippen LogP contribution in [0.2, 0.25) is 0 Å². The third kappa shape index (κ3) is 5.38. The summed E-state index contributed by atoms with van der Waals surface area (Å²) >= 11 is 0. The molecular formula is C14H20N2O5S. The summed E-state index contributed by atoms with van der Waals surface area (Å²) in [5.41, 5.74) is 0.356. The van der Waals surface area contributed by atoms with E-state index in [4.69, 9.17) is 9.47 Å². The molecule has 0 heterocycles. The highest BCUT2D eigenvalue weighted by Gasteiger charge is 2.12. The van der Waals surface area contributed by atoms with Crippen LogP contribution in [0.3, 0.4) is 0 Å². The van der Waals surface area contributed by atoms with Crippen LogP contribution in [-0.2, 0) is 10.0 Å².